The van der Waals surface area contributed by atoms with Crippen molar-refractivity contribution in [3.8, 4) is 11.1 Å². The maximum Gasteiger partial charge on any atom is 0.414 e. The summed E-state index contributed by atoms with van der Waals surface area (Å²) in [5, 5.41) is 0. The summed E-state index contributed by atoms with van der Waals surface area (Å²) in [6.07, 6.45) is 0.295. The number of benzene rings is 2. The van der Waals surface area contributed by atoms with E-state index in [0.29, 0.717) is 23.5 Å². The Labute approximate surface area is 213 Å². The smallest absolute Gasteiger partial charge is 0.414 e. The Balaban J connectivity index is 1.62. The summed E-state index contributed by atoms with van der Waals surface area (Å²) in [6.45, 7) is 10.8. The van der Waals surface area contributed by atoms with Gasteiger partial charge < -0.3 is 19.4 Å². The predicted octanol–water partition coefficient (Wildman–Crippen LogP) is 4.24. The fraction of sp³-hybridized carbons (Fsp3) is 0.464. The topological polar surface area (TPSA) is 73.4 Å². The summed E-state index contributed by atoms with van der Waals surface area (Å²) in [6, 6.07) is 13.2. The van der Waals surface area contributed by atoms with Crippen LogP contribution in [-0.4, -0.2) is 79.6 Å². The number of carbonyl (C=O) groups is 3. The van der Waals surface area contributed by atoms with Crippen LogP contribution in [0.3, 0.4) is 0 Å². The minimum absolute atomic E-state index is 0.0518. The lowest BCUT2D eigenvalue weighted by Crippen LogP contribution is -2.51. The zero-order valence-corrected chi connectivity index (χ0v) is 21.9. The van der Waals surface area contributed by atoms with E-state index in [9.17, 15) is 14.4 Å². The maximum atomic E-state index is 13.0. The Kier molecular flexibility index (Phi) is 7.64. The zero-order chi connectivity index (χ0) is 26.0. The molecular weight excluding hydrogens is 456 g/mol. The van der Waals surface area contributed by atoms with E-state index in [1.54, 1.807) is 9.80 Å². The average molecular weight is 493 g/mol. The van der Waals surface area contributed by atoms with Crippen LogP contribution in [0.15, 0.2) is 42.5 Å². The van der Waals surface area contributed by atoms with Crippen LogP contribution in [0.25, 0.3) is 11.1 Å². The summed E-state index contributed by atoms with van der Waals surface area (Å²) in [7, 11) is 2.08. The SMILES string of the molecule is CC(=O)N1c2ccc(-c3ccc(C(=O)N4CCCN(C)CC4)cc3)cc2N(C(=O)OC(C)C)C[C@@H]1C. The Bertz CT molecular complexity index is 1130. The summed E-state index contributed by atoms with van der Waals surface area (Å²) >= 11 is 0. The second-order valence-electron chi connectivity index (χ2n) is 10.0. The molecule has 0 saturated carbocycles. The van der Waals surface area contributed by atoms with Gasteiger partial charge in [0, 0.05) is 38.7 Å². The van der Waals surface area contributed by atoms with E-state index >= 15 is 0 Å². The van der Waals surface area contributed by atoms with Gasteiger partial charge in [0.15, 0.2) is 0 Å². The molecule has 2 heterocycles. The van der Waals surface area contributed by atoms with Gasteiger partial charge in [-0.1, -0.05) is 18.2 Å². The molecule has 2 aliphatic heterocycles. The van der Waals surface area contributed by atoms with Gasteiger partial charge in [0.25, 0.3) is 5.91 Å². The van der Waals surface area contributed by atoms with Gasteiger partial charge in [0.05, 0.1) is 23.5 Å². The number of likely N-dealkylation sites (N-methyl/N-ethyl adjacent to an activating group) is 1. The van der Waals surface area contributed by atoms with Crippen LogP contribution in [0.4, 0.5) is 16.2 Å². The number of anilines is 2. The first-order chi connectivity index (χ1) is 17.2. The number of nitrogens with zero attached hydrogens (tertiary/aromatic N) is 4. The van der Waals surface area contributed by atoms with Crippen molar-refractivity contribution in [2.75, 3.05) is 49.6 Å². The van der Waals surface area contributed by atoms with E-state index in [-0.39, 0.29) is 24.0 Å². The minimum atomic E-state index is -0.428. The normalized spacial score (nSPS) is 18.6. The van der Waals surface area contributed by atoms with Crippen molar-refractivity contribution in [3.63, 3.8) is 0 Å². The van der Waals surface area contributed by atoms with Crippen molar-refractivity contribution in [2.24, 2.45) is 0 Å². The quantitative estimate of drug-likeness (QED) is 0.641. The molecule has 0 N–H and O–H groups in total. The standard InChI is InChI=1S/C28H36N4O4/c1-19(2)36-28(35)31-18-20(3)32(21(4)33)25-12-11-24(17-26(25)31)22-7-9-23(10-8-22)27(34)30-14-6-13-29(5)15-16-30/h7-12,17,19-20H,6,13-16,18H2,1-5H3/t20-/m0/s1. The van der Waals surface area contributed by atoms with Gasteiger partial charge in [-0.25, -0.2) is 4.79 Å². The molecule has 0 unspecified atom stereocenters. The molecular formula is C28H36N4O4. The van der Waals surface area contributed by atoms with Gasteiger partial charge in [0.2, 0.25) is 5.91 Å². The lowest BCUT2D eigenvalue weighted by Gasteiger charge is -2.40. The van der Waals surface area contributed by atoms with E-state index in [1.807, 2.05) is 68.1 Å². The van der Waals surface area contributed by atoms with Gasteiger partial charge in [-0.05, 0) is 76.2 Å². The Morgan fingerprint density at radius 1 is 0.917 bits per heavy atom. The first-order valence-electron chi connectivity index (χ1n) is 12.7. The first-order valence-corrected chi connectivity index (χ1v) is 12.7. The molecule has 0 spiro atoms. The van der Waals surface area contributed by atoms with Crippen LogP contribution in [0, 0.1) is 0 Å². The second kappa shape index (κ2) is 10.7. The van der Waals surface area contributed by atoms with Crippen molar-refractivity contribution in [2.45, 2.75) is 46.3 Å². The van der Waals surface area contributed by atoms with E-state index in [4.69, 9.17) is 4.74 Å². The fourth-order valence-corrected chi connectivity index (χ4v) is 4.96. The number of carbonyl (C=O) groups excluding carboxylic acids is 3. The Morgan fingerprint density at radius 2 is 1.61 bits per heavy atom. The highest BCUT2D eigenvalue weighted by Gasteiger charge is 2.35. The molecule has 1 fully saturated rings. The van der Waals surface area contributed by atoms with Gasteiger partial charge in [-0.3, -0.25) is 14.5 Å². The largest absolute Gasteiger partial charge is 0.446 e. The minimum Gasteiger partial charge on any atom is -0.446 e. The van der Waals surface area contributed by atoms with Crippen LogP contribution in [0.2, 0.25) is 0 Å². The van der Waals surface area contributed by atoms with Crippen LogP contribution in [0.5, 0.6) is 0 Å². The number of fused-ring (bicyclic) bond motifs is 1. The fourth-order valence-electron chi connectivity index (χ4n) is 4.96. The van der Waals surface area contributed by atoms with Crippen molar-refractivity contribution >= 4 is 29.3 Å². The van der Waals surface area contributed by atoms with Crippen LogP contribution in [0.1, 0.15) is 44.5 Å². The third kappa shape index (κ3) is 5.38. The molecule has 36 heavy (non-hydrogen) atoms. The number of ether oxygens (including phenoxy) is 1. The molecule has 2 aromatic rings. The molecule has 8 nitrogen and oxygen atoms in total. The van der Waals surface area contributed by atoms with Crippen LogP contribution >= 0.6 is 0 Å². The summed E-state index contributed by atoms with van der Waals surface area (Å²) in [5.41, 5.74) is 3.81. The highest BCUT2D eigenvalue weighted by atomic mass is 16.6. The predicted molar refractivity (Wildman–Crippen MR) is 141 cm³/mol. The van der Waals surface area contributed by atoms with Crippen LogP contribution < -0.4 is 9.80 Å². The van der Waals surface area contributed by atoms with Crippen molar-refractivity contribution in [3.05, 3.63) is 48.0 Å². The molecule has 2 aromatic carbocycles. The van der Waals surface area contributed by atoms with Gasteiger partial charge in [0.1, 0.15) is 0 Å². The third-order valence-electron chi connectivity index (χ3n) is 6.78. The molecule has 0 aromatic heterocycles. The molecule has 2 aliphatic rings. The van der Waals surface area contributed by atoms with Crippen molar-refractivity contribution < 1.29 is 19.1 Å². The lowest BCUT2D eigenvalue weighted by atomic mass is 9.99. The monoisotopic (exact) mass is 492 g/mol. The number of hydrogen-bond donors (Lipinski definition) is 0. The highest BCUT2D eigenvalue weighted by molar-refractivity contribution is 6.03. The van der Waals surface area contributed by atoms with Gasteiger partial charge in [-0.15, -0.1) is 0 Å². The molecule has 1 saturated heterocycles. The molecule has 192 valence electrons. The molecule has 0 aliphatic carbocycles. The van der Waals surface area contributed by atoms with Crippen molar-refractivity contribution in [1.29, 1.82) is 0 Å². The molecule has 4 rings (SSSR count). The number of rotatable bonds is 3. The van der Waals surface area contributed by atoms with Crippen LogP contribution in [-0.2, 0) is 9.53 Å². The molecule has 1 atom stereocenters. The molecule has 0 bridgehead atoms. The lowest BCUT2D eigenvalue weighted by molar-refractivity contribution is -0.117. The Morgan fingerprint density at radius 3 is 2.28 bits per heavy atom. The second-order valence-corrected chi connectivity index (χ2v) is 10.0. The molecule has 0 radical (unpaired) electrons. The van der Waals surface area contributed by atoms with E-state index in [2.05, 4.69) is 11.9 Å². The van der Waals surface area contributed by atoms with E-state index in [1.165, 1.54) is 6.92 Å². The summed E-state index contributed by atoms with van der Waals surface area (Å²) in [4.78, 5) is 45.9. The van der Waals surface area contributed by atoms with Crippen molar-refractivity contribution in [1.82, 2.24) is 9.80 Å². The number of hydrogen-bond acceptors (Lipinski definition) is 5. The first kappa shape index (κ1) is 25.7. The molecule has 3 amide bonds. The summed E-state index contributed by atoms with van der Waals surface area (Å²) in [5.74, 6) is -0.0214. The maximum absolute atomic E-state index is 13.0. The van der Waals surface area contributed by atoms with E-state index < -0.39 is 6.09 Å². The Hall–Kier alpha value is -3.39. The third-order valence-corrected chi connectivity index (χ3v) is 6.78. The summed E-state index contributed by atoms with van der Waals surface area (Å²) < 4.78 is 5.49. The van der Waals surface area contributed by atoms with Gasteiger partial charge in [-0.2, -0.15) is 0 Å². The zero-order valence-electron chi connectivity index (χ0n) is 21.9. The van der Waals surface area contributed by atoms with E-state index in [0.717, 1.165) is 43.7 Å². The number of amides is 3. The average Bonchev–Trinajstić information content (AvgIpc) is 3.06. The highest BCUT2D eigenvalue weighted by Crippen LogP contribution is 2.39. The van der Waals surface area contributed by atoms with Gasteiger partial charge >= 0.3 is 6.09 Å². The molecule has 8 heteroatoms.